The maximum absolute atomic E-state index is 9.53. The highest BCUT2D eigenvalue weighted by Crippen LogP contribution is 2.26. The molecule has 1 atom stereocenters. The average Bonchev–Trinajstić information content (AvgIpc) is 3.07. The minimum atomic E-state index is 0.163. The van der Waals surface area contributed by atoms with Gasteiger partial charge in [-0.15, -0.1) is 0 Å². The quantitative estimate of drug-likeness (QED) is 0.569. The third kappa shape index (κ3) is 2.20. The summed E-state index contributed by atoms with van der Waals surface area (Å²) in [6, 6.07) is 12.0. The van der Waals surface area contributed by atoms with Crippen LogP contribution >= 0.6 is 0 Å². The number of rotatable bonds is 1. The Bertz CT molecular complexity index is 1190. The second-order valence-corrected chi connectivity index (χ2v) is 6.71. The van der Waals surface area contributed by atoms with E-state index in [9.17, 15) is 5.26 Å². The van der Waals surface area contributed by atoms with E-state index in [1.807, 2.05) is 28.7 Å². The lowest BCUT2D eigenvalue weighted by Crippen LogP contribution is -2.43. The zero-order valence-corrected chi connectivity index (χ0v) is 14.1. The number of benzene rings is 1. The Kier molecular flexibility index (Phi) is 3.27. The van der Waals surface area contributed by atoms with Crippen molar-refractivity contribution in [2.75, 3.05) is 18.0 Å². The topological polar surface area (TPSA) is 96.1 Å². The fourth-order valence-corrected chi connectivity index (χ4v) is 3.72. The Hall–Kier alpha value is -3.24. The molecular formula is C19H17N7. The lowest BCUT2D eigenvalue weighted by Gasteiger charge is -2.31. The van der Waals surface area contributed by atoms with Crippen LogP contribution in [-0.2, 0) is 0 Å². The van der Waals surface area contributed by atoms with E-state index in [1.54, 1.807) is 12.3 Å². The first kappa shape index (κ1) is 15.0. The SMILES string of the molecule is N#Cc1cc2ncc(N3CCC[C@H](N)C3)nc2n2c1nc1ccccc12. The second-order valence-electron chi connectivity index (χ2n) is 6.71. The molecule has 1 fully saturated rings. The molecule has 1 aliphatic heterocycles. The van der Waals surface area contributed by atoms with Gasteiger partial charge in [0.15, 0.2) is 11.3 Å². The van der Waals surface area contributed by atoms with Gasteiger partial charge in [0.05, 0.1) is 22.8 Å². The number of hydrogen-bond donors (Lipinski definition) is 1. The standard InChI is InChI=1S/C19H17N7/c20-9-12-8-15-19(26-16-6-2-1-5-14(16)23-18(12)26)24-17(10-22-15)25-7-3-4-13(21)11-25/h1-2,5-6,8,10,13H,3-4,7,11,21H2/t13-/m0/s1. The number of aromatic nitrogens is 4. The molecule has 1 aromatic carbocycles. The van der Waals surface area contributed by atoms with Crippen LogP contribution in [0.2, 0.25) is 0 Å². The zero-order valence-electron chi connectivity index (χ0n) is 14.1. The van der Waals surface area contributed by atoms with E-state index < -0.39 is 0 Å². The van der Waals surface area contributed by atoms with Gasteiger partial charge in [-0.2, -0.15) is 5.26 Å². The maximum atomic E-state index is 9.53. The summed E-state index contributed by atoms with van der Waals surface area (Å²) in [6.07, 6.45) is 3.86. The molecule has 2 N–H and O–H groups in total. The summed E-state index contributed by atoms with van der Waals surface area (Å²) >= 11 is 0. The molecule has 0 spiro atoms. The van der Waals surface area contributed by atoms with Crippen LogP contribution in [0.15, 0.2) is 36.5 Å². The van der Waals surface area contributed by atoms with Gasteiger partial charge in [-0.1, -0.05) is 12.1 Å². The summed E-state index contributed by atoms with van der Waals surface area (Å²) in [6.45, 7) is 1.71. The molecule has 3 aromatic heterocycles. The summed E-state index contributed by atoms with van der Waals surface area (Å²) in [5.74, 6) is 0.816. The molecule has 7 heteroatoms. The van der Waals surface area contributed by atoms with Gasteiger partial charge in [0, 0.05) is 19.1 Å². The lowest BCUT2D eigenvalue weighted by atomic mass is 10.1. The summed E-state index contributed by atoms with van der Waals surface area (Å²) in [7, 11) is 0. The van der Waals surface area contributed by atoms with Crippen LogP contribution in [0.5, 0.6) is 0 Å². The summed E-state index contributed by atoms with van der Waals surface area (Å²) < 4.78 is 1.93. The third-order valence-electron chi connectivity index (χ3n) is 4.97. The molecule has 0 saturated carbocycles. The molecule has 26 heavy (non-hydrogen) atoms. The number of nitrogens with two attached hydrogens (primary N) is 1. The minimum Gasteiger partial charge on any atom is -0.354 e. The molecule has 0 unspecified atom stereocenters. The predicted octanol–water partition coefficient (Wildman–Crippen LogP) is 2.23. The monoisotopic (exact) mass is 343 g/mol. The number of piperidine rings is 1. The largest absolute Gasteiger partial charge is 0.354 e. The lowest BCUT2D eigenvalue weighted by molar-refractivity contribution is 0.503. The Morgan fingerprint density at radius 1 is 1.15 bits per heavy atom. The number of para-hydroxylation sites is 2. The number of pyridine rings is 1. The summed E-state index contributed by atoms with van der Waals surface area (Å²) in [5.41, 5.74) is 10.4. The van der Waals surface area contributed by atoms with Crippen molar-refractivity contribution in [2.45, 2.75) is 18.9 Å². The third-order valence-corrected chi connectivity index (χ3v) is 4.97. The number of fused-ring (bicyclic) bond motifs is 5. The summed E-state index contributed by atoms with van der Waals surface area (Å²) in [4.78, 5) is 16.3. The molecule has 0 aliphatic carbocycles. The van der Waals surface area contributed by atoms with E-state index in [2.05, 4.69) is 20.9 Å². The Balaban J connectivity index is 1.81. The van der Waals surface area contributed by atoms with Gasteiger partial charge < -0.3 is 10.6 Å². The number of imidazole rings is 1. The first-order chi connectivity index (χ1) is 12.7. The first-order valence-electron chi connectivity index (χ1n) is 8.72. The van der Waals surface area contributed by atoms with E-state index >= 15 is 0 Å². The van der Waals surface area contributed by atoms with Gasteiger partial charge in [0.2, 0.25) is 0 Å². The molecule has 5 rings (SSSR count). The molecule has 0 amide bonds. The molecule has 0 bridgehead atoms. The van der Waals surface area contributed by atoms with Gasteiger partial charge in [0.25, 0.3) is 0 Å². The fraction of sp³-hybridized carbons (Fsp3) is 0.263. The Morgan fingerprint density at radius 3 is 2.88 bits per heavy atom. The van der Waals surface area contributed by atoms with Gasteiger partial charge >= 0.3 is 0 Å². The minimum absolute atomic E-state index is 0.163. The number of nitrogens with zero attached hydrogens (tertiary/aromatic N) is 6. The second kappa shape index (κ2) is 5.64. The summed E-state index contributed by atoms with van der Waals surface area (Å²) in [5, 5.41) is 9.53. The van der Waals surface area contributed by atoms with E-state index in [-0.39, 0.29) is 6.04 Å². The normalized spacial score (nSPS) is 17.8. The van der Waals surface area contributed by atoms with Crippen molar-refractivity contribution in [3.8, 4) is 6.07 Å². The Labute approximate surface area is 149 Å². The van der Waals surface area contributed by atoms with Crippen molar-refractivity contribution in [1.29, 1.82) is 5.26 Å². The van der Waals surface area contributed by atoms with Crippen LogP contribution in [0, 0.1) is 11.3 Å². The van der Waals surface area contributed by atoms with Gasteiger partial charge in [-0.25, -0.2) is 15.0 Å². The van der Waals surface area contributed by atoms with Crippen molar-refractivity contribution in [1.82, 2.24) is 19.4 Å². The van der Waals surface area contributed by atoms with Crippen LogP contribution < -0.4 is 10.6 Å². The van der Waals surface area contributed by atoms with E-state index in [0.29, 0.717) is 22.4 Å². The molecular weight excluding hydrogens is 326 g/mol. The van der Waals surface area contributed by atoms with Crippen LogP contribution in [-0.4, -0.2) is 38.5 Å². The molecule has 1 aliphatic rings. The van der Waals surface area contributed by atoms with Crippen molar-refractivity contribution in [3.63, 3.8) is 0 Å². The van der Waals surface area contributed by atoms with Crippen molar-refractivity contribution in [2.24, 2.45) is 5.73 Å². The molecule has 4 aromatic rings. The number of anilines is 1. The smallest absolute Gasteiger partial charge is 0.167 e. The Morgan fingerprint density at radius 2 is 2.04 bits per heavy atom. The fourth-order valence-electron chi connectivity index (χ4n) is 3.72. The van der Waals surface area contributed by atoms with E-state index in [4.69, 9.17) is 10.7 Å². The van der Waals surface area contributed by atoms with Crippen LogP contribution in [0.25, 0.3) is 27.8 Å². The highest BCUT2D eigenvalue weighted by molar-refractivity contribution is 5.90. The van der Waals surface area contributed by atoms with Gasteiger partial charge in [-0.05, 0) is 31.0 Å². The number of hydrogen-bond acceptors (Lipinski definition) is 6. The highest BCUT2D eigenvalue weighted by Gasteiger charge is 2.20. The maximum Gasteiger partial charge on any atom is 0.167 e. The molecule has 1 saturated heterocycles. The zero-order chi connectivity index (χ0) is 17.7. The highest BCUT2D eigenvalue weighted by atomic mass is 15.2. The molecule has 4 heterocycles. The van der Waals surface area contributed by atoms with Crippen molar-refractivity contribution >= 4 is 33.7 Å². The van der Waals surface area contributed by atoms with Gasteiger partial charge in [-0.3, -0.25) is 4.40 Å². The van der Waals surface area contributed by atoms with E-state index in [0.717, 1.165) is 42.8 Å². The van der Waals surface area contributed by atoms with Crippen LogP contribution in [0.4, 0.5) is 5.82 Å². The van der Waals surface area contributed by atoms with Crippen molar-refractivity contribution < 1.29 is 0 Å². The molecule has 7 nitrogen and oxygen atoms in total. The van der Waals surface area contributed by atoms with Gasteiger partial charge in [0.1, 0.15) is 17.4 Å². The van der Waals surface area contributed by atoms with Crippen LogP contribution in [0.3, 0.4) is 0 Å². The molecule has 0 radical (unpaired) electrons. The molecule has 128 valence electrons. The first-order valence-corrected chi connectivity index (χ1v) is 8.72. The van der Waals surface area contributed by atoms with Crippen LogP contribution in [0.1, 0.15) is 18.4 Å². The van der Waals surface area contributed by atoms with E-state index in [1.165, 1.54) is 0 Å². The predicted molar refractivity (Wildman–Crippen MR) is 99.9 cm³/mol. The number of nitriles is 1. The van der Waals surface area contributed by atoms with Crippen molar-refractivity contribution in [3.05, 3.63) is 42.1 Å². The average molecular weight is 343 g/mol.